The molecule has 0 heterocycles. The number of hydrogen-bond donors (Lipinski definition) is 0. The van der Waals surface area contributed by atoms with Gasteiger partial charge in [-0.3, -0.25) is 0 Å². The zero-order valence-electron chi connectivity index (χ0n) is 17.8. The first-order chi connectivity index (χ1) is 13.3. The van der Waals surface area contributed by atoms with E-state index in [1.165, 1.54) is 64.2 Å². The van der Waals surface area contributed by atoms with Crippen LogP contribution < -0.4 is 0 Å². The summed E-state index contributed by atoms with van der Waals surface area (Å²) in [7, 11) is 1.86. The molecule has 152 valence electrons. The van der Waals surface area contributed by atoms with Gasteiger partial charge < -0.3 is 4.74 Å². The maximum atomic E-state index is 5.49. The molecule has 1 nitrogen and oxygen atoms in total. The average molecular weight is 371 g/mol. The van der Waals surface area contributed by atoms with Crippen molar-refractivity contribution in [3.8, 4) is 11.8 Å². The molecule has 27 heavy (non-hydrogen) atoms. The molecule has 0 unspecified atom stereocenters. The second-order valence-corrected chi connectivity index (χ2v) is 10.3. The lowest BCUT2D eigenvalue weighted by atomic mass is 9.67. The predicted molar refractivity (Wildman–Crippen MR) is 113 cm³/mol. The van der Waals surface area contributed by atoms with Crippen molar-refractivity contribution >= 4 is 0 Å². The Morgan fingerprint density at radius 1 is 0.481 bits per heavy atom. The Morgan fingerprint density at radius 2 is 0.852 bits per heavy atom. The maximum Gasteiger partial charge on any atom is 0.0572 e. The van der Waals surface area contributed by atoms with Gasteiger partial charge >= 0.3 is 0 Å². The molecule has 1 heteroatoms. The van der Waals surface area contributed by atoms with Gasteiger partial charge in [0.2, 0.25) is 0 Å². The molecule has 0 bridgehead atoms. The highest BCUT2D eigenvalue weighted by molar-refractivity contribution is 5.09. The van der Waals surface area contributed by atoms with Crippen LogP contribution in [0, 0.1) is 47.3 Å². The normalized spacial score (nSPS) is 41.1. The van der Waals surface area contributed by atoms with Gasteiger partial charge in [0.25, 0.3) is 0 Å². The van der Waals surface area contributed by atoms with Crippen molar-refractivity contribution in [2.24, 2.45) is 35.5 Å². The topological polar surface area (TPSA) is 9.23 Å². The van der Waals surface area contributed by atoms with E-state index in [0.29, 0.717) is 17.9 Å². The van der Waals surface area contributed by atoms with Crippen molar-refractivity contribution in [2.45, 2.75) is 109 Å². The first-order valence-electron chi connectivity index (χ1n) is 12.4. The average Bonchev–Trinajstić information content (AvgIpc) is 3.28. The molecule has 0 amide bonds. The molecule has 4 aliphatic carbocycles. The van der Waals surface area contributed by atoms with Crippen molar-refractivity contribution in [1.29, 1.82) is 0 Å². The minimum Gasteiger partial charge on any atom is -0.381 e. The Hall–Kier alpha value is -0.480. The van der Waals surface area contributed by atoms with Crippen LogP contribution in [0.2, 0.25) is 0 Å². The fourth-order valence-electron chi connectivity index (χ4n) is 6.93. The van der Waals surface area contributed by atoms with Crippen LogP contribution in [0.25, 0.3) is 0 Å². The first kappa shape index (κ1) is 19.8. The summed E-state index contributed by atoms with van der Waals surface area (Å²) in [4.78, 5) is 0. The Kier molecular flexibility index (Phi) is 7.21. The van der Waals surface area contributed by atoms with Crippen LogP contribution >= 0.6 is 0 Å². The quantitative estimate of drug-likeness (QED) is 0.486. The van der Waals surface area contributed by atoms with Gasteiger partial charge in [-0.1, -0.05) is 37.5 Å². The molecule has 4 saturated carbocycles. The lowest BCUT2D eigenvalue weighted by Gasteiger charge is -2.38. The van der Waals surface area contributed by atoms with E-state index in [2.05, 4.69) is 11.8 Å². The third kappa shape index (κ3) is 5.32. The van der Waals surface area contributed by atoms with Crippen LogP contribution in [0.4, 0.5) is 0 Å². The van der Waals surface area contributed by atoms with Crippen molar-refractivity contribution < 1.29 is 4.74 Å². The van der Waals surface area contributed by atoms with Gasteiger partial charge in [-0.2, -0.15) is 0 Å². The SMILES string of the molecule is COC1CCC(C#CC2CCC(C3CCC(C4CCCC4)CC3)CC2)CC1. The van der Waals surface area contributed by atoms with E-state index in [9.17, 15) is 0 Å². The summed E-state index contributed by atoms with van der Waals surface area (Å²) < 4.78 is 5.49. The van der Waals surface area contributed by atoms with Crippen LogP contribution in [0.15, 0.2) is 0 Å². The van der Waals surface area contributed by atoms with Crippen LogP contribution in [-0.2, 0) is 4.74 Å². The molecule has 4 rings (SSSR count). The molecule has 4 aliphatic rings. The monoisotopic (exact) mass is 370 g/mol. The summed E-state index contributed by atoms with van der Waals surface area (Å²) in [6.07, 6.45) is 23.5. The molecule has 0 aromatic heterocycles. The maximum absolute atomic E-state index is 5.49. The van der Waals surface area contributed by atoms with Gasteiger partial charge in [0.1, 0.15) is 0 Å². The summed E-state index contributed by atoms with van der Waals surface area (Å²) in [6.45, 7) is 0. The summed E-state index contributed by atoms with van der Waals surface area (Å²) in [6, 6.07) is 0. The summed E-state index contributed by atoms with van der Waals surface area (Å²) in [5.74, 6) is 13.0. The third-order valence-corrected chi connectivity index (χ3v) is 8.82. The second-order valence-electron chi connectivity index (χ2n) is 10.3. The summed E-state index contributed by atoms with van der Waals surface area (Å²) in [5, 5.41) is 0. The molecule has 0 aromatic carbocycles. The number of ether oxygens (including phenoxy) is 1. The number of rotatable bonds is 3. The molecular weight excluding hydrogens is 328 g/mol. The lowest BCUT2D eigenvalue weighted by molar-refractivity contribution is 0.0636. The zero-order chi connectivity index (χ0) is 18.5. The fourth-order valence-corrected chi connectivity index (χ4v) is 6.93. The highest BCUT2D eigenvalue weighted by Gasteiger charge is 2.33. The van der Waals surface area contributed by atoms with Gasteiger partial charge in [-0.15, -0.1) is 0 Å². The predicted octanol–water partition coefficient (Wildman–Crippen LogP) is 7.00. The molecule has 0 aliphatic heterocycles. The van der Waals surface area contributed by atoms with E-state index < -0.39 is 0 Å². The molecule has 0 radical (unpaired) electrons. The molecular formula is C26H42O. The van der Waals surface area contributed by atoms with Crippen LogP contribution in [0.5, 0.6) is 0 Å². The molecule has 4 fully saturated rings. The molecule has 0 atom stereocenters. The minimum absolute atomic E-state index is 0.502. The van der Waals surface area contributed by atoms with E-state index >= 15 is 0 Å². The van der Waals surface area contributed by atoms with Crippen LogP contribution in [0.1, 0.15) is 103 Å². The van der Waals surface area contributed by atoms with Crippen LogP contribution in [-0.4, -0.2) is 13.2 Å². The Bertz CT molecular complexity index is 484. The van der Waals surface area contributed by atoms with Gasteiger partial charge in [0, 0.05) is 18.9 Å². The number of hydrogen-bond acceptors (Lipinski definition) is 1. The van der Waals surface area contributed by atoms with Gasteiger partial charge in [-0.05, 0) is 101 Å². The van der Waals surface area contributed by atoms with E-state index in [-0.39, 0.29) is 0 Å². The van der Waals surface area contributed by atoms with Crippen molar-refractivity contribution in [3.63, 3.8) is 0 Å². The Labute approximate surface area is 168 Å². The van der Waals surface area contributed by atoms with Gasteiger partial charge in [0.15, 0.2) is 0 Å². The largest absolute Gasteiger partial charge is 0.381 e. The smallest absolute Gasteiger partial charge is 0.0572 e. The van der Waals surface area contributed by atoms with Crippen molar-refractivity contribution in [1.82, 2.24) is 0 Å². The summed E-state index contributed by atoms with van der Waals surface area (Å²) >= 11 is 0. The fraction of sp³-hybridized carbons (Fsp3) is 0.923. The van der Waals surface area contributed by atoms with Crippen LogP contribution in [0.3, 0.4) is 0 Å². The molecule has 0 aromatic rings. The zero-order valence-corrected chi connectivity index (χ0v) is 17.8. The van der Waals surface area contributed by atoms with E-state index in [1.54, 1.807) is 38.5 Å². The van der Waals surface area contributed by atoms with E-state index in [4.69, 9.17) is 4.74 Å². The van der Waals surface area contributed by atoms with Crippen molar-refractivity contribution in [2.75, 3.05) is 7.11 Å². The van der Waals surface area contributed by atoms with E-state index in [0.717, 1.165) is 23.7 Å². The second kappa shape index (κ2) is 9.82. The molecule has 0 saturated heterocycles. The summed E-state index contributed by atoms with van der Waals surface area (Å²) in [5.41, 5.74) is 0. The van der Waals surface area contributed by atoms with Gasteiger partial charge in [0.05, 0.1) is 6.10 Å². The molecule has 0 spiro atoms. The Balaban J connectivity index is 1.16. The van der Waals surface area contributed by atoms with Crippen molar-refractivity contribution in [3.05, 3.63) is 0 Å². The van der Waals surface area contributed by atoms with E-state index in [1.807, 2.05) is 7.11 Å². The number of methoxy groups -OCH3 is 1. The first-order valence-corrected chi connectivity index (χ1v) is 12.4. The standard InChI is InChI=1S/C26H42O/c1-27-26-18-10-21(11-19-26)7-6-20-8-12-23(13-9-20)25-16-14-24(15-17-25)22-4-2-3-5-22/h20-26H,2-5,8-19H2,1H3. The Morgan fingerprint density at radius 3 is 1.30 bits per heavy atom. The minimum atomic E-state index is 0.502. The lowest BCUT2D eigenvalue weighted by Crippen LogP contribution is -2.27. The molecule has 0 N–H and O–H groups in total. The highest BCUT2D eigenvalue weighted by atomic mass is 16.5. The van der Waals surface area contributed by atoms with Gasteiger partial charge in [-0.25, -0.2) is 0 Å². The highest BCUT2D eigenvalue weighted by Crippen LogP contribution is 2.45. The third-order valence-electron chi connectivity index (χ3n) is 8.82.